The smallest absolute Gasteiger partial charge is 0.308 e. The summed E-state index contributed by atoms with van der Waals surface area (Å²) < 4.78 is 0. The van der Waals surface area contributed by atoms with Crippen LogP contribution >= 0.6 is 0 Å². The molecule has 6 heteroatoms. The fourth-order valence-electron chi connectivity index (χ4n) is 2.40. The Labute approximate surface area is 119 Å². The van der Waals surface area contributed by atoms with Gasteiger partial charge in [0, 0.05) is 19.5 Å². The number of carboxylic acid groups (broad SMARTS) is 1. The van der Waals surface area contributed by atoms with E-state index in [4.69, 9.17) is 5.11 Å². The third-order valence-corrected chi connectivity index (χ3v) is 3.78. The lowest BCUT2D eigenvalue weighted by Gasteiger charge is -2.22. The lowest BCUT2D eigenvalue weighted by Crippen LogP contribution is -2.42. The summed E-state index contributed by atoms with van der Waals surface area (Å²) in [5.74, 6) is -1.84. The van der Waals surface area contributed by atoms with Crippen molar-refractivity contribution in [3.05, 3.63) is 0 Å². The Hall–Kier alpha value is -1.59. The number of rotatable bonds is 6. The Morgan fingerprint density at radius 1 is 1.25 bits per heavy atom. The standard InChI is InChI=1S/C14H24N2O4/c1-10(14(19)20)9-16(2)12(17)8-15-13(18)11-6-4-3-5-7-11/h10-11H,3-9H2,1-2H3,(H,15,18)(H,19,20). The van der Waals surface area contributed by atoms with Gasteiger partial charge in [0.2, 0.25) is 11.8 Å². The van der Waals surface area contributed by atoms with E-state index in [0.717, 1.165) is 25.7 Å². The number of aliphatic carboxylic acids is 1. The number of hydrogen-bond acceptors (Lipinski definition) is 3. The molecule has 20 heavy (non-hydrogen) atoms. The van der Waals surface area contributed by atoms with Crippen molar-refractivity contribution in [2.24, 2.45) is 11.8 Å². The quantitative estimate of drug-likeness (QED) is 0.757. The van der Waals surface area contributed by atoms with Gasteiger partial charge in [-0.25, -0.2) is 0 Å². The highest BCUT2D eigenvalue weighted by Crippen LogP contribution is 2.23. The van der Waals surface area contributed by atoms with Crippen LogP contribution in [-0.4, -0.2) is 47.9 Å². The highest BCUT2D eigenvalue weighted by Gasteiger charge is 2.22. The molecule has 0 aromatic rings. The van der Waals surface area contributed by atoms with Crippen LogP contribution in [0.1, 0.15) is 39.0 Å². The zero-order valence-electron chi connectivity index (χ0n) is 12.2. The molecule has 0 aromatic carbocycles. The maximum Gasteiger partial charge on any atom is 0.308 e. The lowest BCUT2D eigenvalue weighted by atomic mass is 9.89. The summed E-state index contributed by atoms with van der Waals surface area (Å²) in [6, 6.07) is 0. The molecule has 1 aliphatic rings. The summed E-state index contributed by atoms with van der Waals surface area (Å²) in [6.07, 6.45) is 5.11. The summed E-state index contributed by atoms with van der Waals surface area (Å²) in [7, 11) is 1.55. The Balaban J connectivity index is 2.31. The van der Waals surface area contributed by atoms with Gasteiger partial charge in [-0.1, -0.05) is 26.2 Å². The minimum atomic E-state index is -0.934. The van der Waals surface area contributed by atoms with Crippen LogP contribution in [0.25, 0.3) is 0 Å². The van der Waals surface area contributed by atoms with Gasteiger partial charge in [0.05, 0.1) is 12.5 Å². The maximum atomic E-state index is 11.9. The molecule has 1 unspecified atom stereocenters. The molecule has 1 rings (SSSR count). The van der Waals surface area contributed by atoms with E-state index in [1.807, 2.05) is 0 Å². The van der Waals surface area contributed by atoms with Gasteiger partial charge >= 0.3 is 5.97 Å². The topological polar surface area (TPSA) is 86.7 Å². The molecule has 1 saturated carbocycles. The number of hydrogen-bond donors (Lipinski definition) is 2. The van der Waals surface area contributed by atoms with E-state index in [1.165, 1.54) is 11.3 Å². The van der Waals surface area contributed by atoms with Gasteiger partial charge in [-0.05, 0) is 12.8 Å². The largest absolute Gasteiger partial charge is 0.481 e. The second-order valence-electron chi connectivity index (χ2n) is 5.57. The number of nitrogens with zero attached hydrogens (tertiary/aromatic N) is 1. The Morgan fingerprint density at radius 2 is 1.85 bits per heavy atom. The van der Waals surface area contributed by atoms with E-state index in [1.54, 1.807) is 14.0 Å². The zero-order chi connectivity index (χ0) is 15.1. The van der Waals surface area contributed by atoms with Crippen LogP contribution in [0.15, 0.2) is 0 Å². The molecule has 0 aromatic heterocycles. The van der Waals surface area contributed by atoms with Crippen molar-refractivity contribution in [3.63, 3.8) is 0 Å². The number of carbonyl (C=O) groups is 3. The third kappa shape index (κ3) is 5.19. The predicted molar refractivity (Wildman–Crippen MR) is 74.0 cm³/mol. The minimum absolute atomic E-state index is 0.0276. The molecule has 1 aliphatic carbocycles. The third-order valence-electron chi connectivity index (χ3n) is 3.78. The predicted octanol–water partition coefficient (Wildman–Crippen LogP) is 0.862. The molecule has 0 aliphatic heterocycles. The molecule has 1 fully saturated rings. The van der Waals surface area contributed by atoms with Gasteiger partial charge in [-0.15, -0.1) is 0 Å². The van der Waals surface area contributed by atoms with Crippen LogP contribution < -0.4 is 5.32 Å². The molecular weight excluding hydrogens is 260 g/mol. The Morgan fingerprint density at radius 3 is 2.40 bits per heavy atom. The minimum Gasteiger partial charge on any atom is -0.481 e. The summed E-state index contributed by atoms with van der Waals surface area (Å²) >= 11 is 0. The molecule has 0 radical (unpaired) electrons. The van der Waals surface area contributed by atoms with Crippen molar-refractivity contribution < 1.29 is 19.5 Å². The van der Waals surface area contributed by atoms with E-state index in [-0.39, 0.29) is 30.8 Å². The first kappa shape index (κ1) is 16.5. The van der Waals surface area contributed by atoms with Crippen LogP contribution in [0.3, 0.4) is 0 Å². The van der Waals surface area contributed by atoms with Crippen LogP contribution in [0.5, 0.6) is 0 Å². The Kier molecular flexibility index (Phi) is 6.48. The van der Waals surface area contributed by atoms with Gasteiger partial charge in [-0.2, -0.15) is 0 Å². The van der Waals surface area contributed by atoms with E-state index >= 15 is 0 Å². The number of carboxylic acids is 1. The number of carbonyl (C=O) groups excluding carboxylic acids is 2. The lowest BCUT2D eigenvalue weighted by molar-refractivity contribution is -0.143. The van der Waals surface area contributed by atoms with Gasteiger partial charge in [0.15, 0.2) is 0 Å². The fourth-order valence-corrected chi connectivity index (χ4v) is 2.40. The van der Waals surface area contributed by atoms with E-state index in [0.29, 0.717) is 0 Å². The monoisotopic (exact) mass is 284 g/mol. The zero-order valence-corrected chi connectivity index (χ0v) is 12.2. The van der Waals surface area contributed by atoms with E-state index in [2.05, 4.69) is 5.32 Å². The molecule has 6 nitrogen and oxygen atoms in total. The first-order valence-electron chi connectivity index (χ1n) is 7.16. The Bertz CT molecular complexity index is 364. The van der Waals surface area contributed by atoms with Crippen LogP contribution in [0, 0.1) is 11.8 Å². The molecule has 2 amide bonds. The summed E-state index contributed by atoms with van der Waals surface area (Å²) in [6.45, 7) is 1.64. The first-order valence-corrected chi connectivity index (χ1v) is 7.16. The summed E-state index contributed by atoms with van der Waals surface area (Å²) in [5, 5.41) is 11.5. The van der Waals surface area contributed by atoms with Gasteiger partial charge in [0.25, 0.3) is 0 Å². The fraction of sp³-hybridized carbons (Fsp3) is 0.786. The highest BCUT2D eigenvalue weighted by atomic mass is 16.4. The summed E-state index contributed by atoms with van der Waals surface area (Å²) in [4.78, 5) is 35.8. The van der Waals surface area contributed by atoms with Crippen LogP contribution in [0.4, 0.5) is 0 Å². The van der Waals surface area contributed by atoms with Gasteiger partial charge < -0.3 is 15.3 Å². The molecular formula is C14H24N2O4. The van der Waals surface area contributed by atoms with Crippen LogP contribution in [0.2, 0.25) is 0 Å². The van der Waals surface area contributed by atoms with Crippen molar-refractivity contribution in [2.75, 3.05) is 20.1 Å². The maximum absolute atomic E-state index is 11.9. The number of amides is 2. The molecule has 0 heterocycles. The average molecular weight is 284 g/mol. The first-order chi connectivity index (χ1) is 9.41. The normalized spacial score (nSPS) is 17.3. The molecule has 0 spiro atoms. The van der Waals surface area contributed by atoms with Crippen molar-refractivity contribution >= 4 is 17.8 Å². The van der Waals surface area contributed by atoms with E-state index < -0.39 is 11.9 Å². The molecule has 1 atom stereocenters. The molecule has 0 bridgehead atoms. The number of nitrogens with one attached hydrogen (secondary N) is 1. The van der Waals surface area contributed by atoms with Crippen molar-refractivity contribution in [1.29, 1.82) is 0 Å². The molecule has 2 N–H and O–H groups in total. The molecule has 114 valence electrons. The second kappa shape index (κ2) is 7.87. The summed E-state index contributed by atoms with van der Waals surface area (Å²) in [5.41, 5.74) is 0. The van der Waals surface area contributed by atoms with Gasteiger partial charge in [-0.3, -0.25) is 14.4 Å². The van der Waals surface area contributed by atoms with Crippen molar-refractivity contribution in [1.82, 2.24) is 10.2 Å². The number of likely N-dealkylation sites (N-methyl/N-ethyl adjacent to an activating group) is 1. The SMILES string of the molecule is CC(CN(C)C(=O)CNC(=O)C1CCCCC1)C(=O)O. The molecule has 0 saturated heterocycles. The van der Waals surface area contributed by atoms with Crippen molar-refractivity contribution in [2.45, 2.75) is 39.0 Å². The highest BCUT2D eigenvalue weighted by molar-refractivity contribution is 5.86. The van der Waals surface area contributed by atoms with Gasteiger partial charge in [0.1, 0.15) is 0 Å². The van der Waals surface area contributed by atoms with Crippen molar-refractivity contribution in [3.8, 4) is 0 Å². The van der Waals surface area contributed by atoms with Crippen LogP contribution in [-0.2, 0) is 14.4 Å². The van der Waals surface area contributed by atoms with E-state index in [9.17, 15) is 14.4 Å². The average Bonchev–Trinajstić information content (AvgIpc) is 2.44. The second-order valence-corrected chi connectivity index (χ2v) is 5.57.